The lowest BCUT2D eigenvalue weighted by molar-refractivity contribution is -0.384. The van der Waals surface area contributed by atoms with Gasteiger partial charge in [0.15, 0.2) is 11.6 Å². The molecular formula is C21H14FN5O2. The van der Waals surface area contributed by atoms with Gasteiger partial charge in [0, 0.05) is 17.5 Å². The lowest BCUT2D eigenvalue weighted by Crippen LogP contribution is -2.00. The summed E-state index contributed by atoms with van der Waals surface area (Å²) in [4.78, 5) is 19.2. The van der Waals surface area contributed by atoms with Crippen molar-refractivity contribution in [3.8, 4) is 11.4 Å². The van der Waals surface area contributed by atoms with Crippen molar-refractivity contribution >= 4 is 28.6 Å². The zero-order valence-corrected chi connectivity index (χ0v) is 15.0. The van der Waals surface area contributed by atoms with E-state index in [0.29, 0.717) is 22.5 Å². The third kappa shape index (κ3) is 3.91. The minimum absolute atomic E-state index is 0.00596. The van der Waals surface area contributed by atoms with Crippen LogP contribution in [0.1, 0.15) is 5.56 Å². The maximum Gasteiger partial charge on any atom is 0.269 e. The molecule has 0 bridgehead atoms. The highest BCUT2D eigenvalue weighted by molar-refractivity contribution is 5.91. The quantitative estimate of drug-likeness (QED) is 0.302. The molecule has 0 fully saturated rings. The Morgan fingerprint density at radius 2 is 1.69 bits per heavy atom. The number of benzene rings is 3. The van der Waals surface area contributed by atoms with Crippen LogP contribution in [0.15, 0.2) is 77.9 Å². The summed E-state index contributed by atoms with van der Waals surface area (Å²) in [6, 6.07) is 19.6. The Hall–Kier alpha value is -4.20. The first-order valence-electron chi connectivity index (χ1n) is 8.67. The van der Waals surface area contributed by atoms with E-state index >= 15 is 0 Å². The lowest BCUT2D eigenvalue weighted by Gasteiger charge is -2.08. The number of rotatable bonds is 5. The number of non-ortho nitro benzene ring substituents is 1. The Morgan fingerprint density at radius 1 is 0.966 bits per heavy atom. The second-order valence-electron chi connectivity index (χ2n) is 6.11. The molecule has 7 nitrogen and oxygen atoms in total. The number of halogens is 1. The number of para-hydroxylation sites is 1. The van der Waals surface area contributed by atoms with E-state index in [1.165, 1.54) is 24.4 Å². The molecule has 1 N–H and O–H groups in total. The van der Waals surface area contributed by atoms with Crippen LogP contribution in [0.2, 0.25) is 0 Å². The number of hydrogen-bond donors (Lipinski definition) is 1. The van der Waals surface area contributed by atoms with Gasteiger partial charge in [-0.15, -0.1) is 0 Å². The van der Waals surface area contributed by atoms with Gasteiger partial charge in [-0.2, -0.15) is 5.10 Å². The van der Waals surface area contributed by atoms with Gasteiger partial charge in [-0.3, -0.25) is 15.5 Å². The third-order valence-electron chi connectivity index (χ3n) is 4.21. The zero-order chi connectivity index (χ0) is 20.2. The topological polar surface area (TPSA) is 93.3 Å². The van der Waals surface area contributed by atoms with Crippen LogP contribution in [0, 0.1) is 15.9 Å². The monoisotopic (exact) mass is 387 g/mol. The average Bonchev–Trinajstić information content (AvgIpc) is 2.74. The summed E-state index contributed by atoms with van der Waals surface area (Å²) in [7, 11) is 0. The number of hydrogen-bond acceptors (Lipinski definition) is 6. The highest BCUT2D eigenvalue weighted by atomic mass is 19.1. The molecule has 142 valence electrons. The molecule has 3 aromatic carbocycles. The fourth-order valence-electron chi connectivity index (χ4n) is 2.77. The van der Waals surface area contributed by atoms with Gasteiger partial charge < -0.3 is 0 Å². The van der Waals surface area contributed by atoms with Crippen LogP contribution in [0.25, 0.3) is 22.3 Å². The first-order chi connectivity index (χ1) is 14.1. The lowest BCUT2D eigenvalue weighted by atomic mass is 10.1. The minimum Gasteiger partial charge on any atom is -0.261 e. The van der Waals surface area contributed by atoms with Crippen molar-refractivity contribution in [3.63, 3.8) is 0 Å². The molecule has 0 saturated carbocycles. The molecule has 0 radical (unpaired) electrons. The van der Waals surface area contributed by atoms with Crippen molar-refractivity contribution in [1.82, 2.24) is 9.97 Å². The van der Waals surface area contributed by atoms with Crippen molar-refractivity contribution in [2.45, 2.75) is 0 Å². The van der Waals surface area contributed by atoms with Gasteiger partial charge in [0.1, 0.15) is 5.82 Å². The summed E-state index contributed by atoms with van der Waals surface area (Å²) >= 11 is 0. The van der Waals surface area contributed by atoms with Crippen LogP contribution >= 0.6 is 0 Å². The van der Waals surface area contributed by atoms with Gasteiger partial charge in [-0.25, -0.2) is 14.4 Å². The average molecular weight is 387 g/mol. The number of fused-ring (bicyclic) bond motifs is 1. The van der Waals surface area contributed by atoms with Crippen LogP contribution in [0.4, 0.5) is 15.9 Å². The van der Waals surface area contributed by atoms with E-state index < -0.39 is 10.7 Å². The highest BCUT2D eigenvalue weighted by Gasteiger charge is 2.12. The van der Waals surface area contributed by atoms with Crippen molar-refractivity contribution in [2.75, 3.05) is 5.43 Å². The molecule has 0 saturated heterocycles. The zero-order valence-electron chi connectivity index (χ0n) is 15.0. The molecule has 29 heavy (non-hydrogen) atoms. The Morgan fingerprint density at radius 3 is 2.45 bits per heavy atom. The molecule has 0 spiro atoms. The maximum absolute atomic E-state index is 14.2. The fourth-order valence-corrected chi connectivity index (χ4v) is 2.77. The summed E-state index contributed by atoms with van der Waals surface area (Å²) in [6.07, 6.45) is 1.52. The Kier molecular flexibility index (Phi) is 4.90. The number of nitro groups is 1. The molecule has 0 aliphatic carbocycles. The predicted molar refractivity (Wildman–Crippen MR) is 109 cm³/mol. The van der Waals surface area contributed by atoms with E-state index in [9.17, 15) is 14.5 Å². The number of anilines is 1. The first kappa shape index (κ1) is 18.2. The van der Waals surface area contributed by atoms with Gasteiger partial charge >= 0.3 is 0 Å². The number of nitrogens with one attached hydrogen (secondary N) is 1. The molecule has 4 aromatic rings. The van der Waals surface area contributed by atoms with Crippen LogP contribution in [0.5, 0.6) is 0 Å². The van der Waals surface area contributed by atoms with Crippen molar-refractivity contribution in [3.05, 3.63) is 94.3 Å². The molecule has 0 unspecified atom stereocenters. The van der Waals surface area contributed by atoms with Gasteiger partial charge in [0.25, 0.3) is 5.69 Å². The first-order valence-corrected chi connectivity index (χ1v) is 8.67. The summed E-state index contributed by atoms with van der Waals surface area (Å²) in [5, 5.41) is 15.6. The smallest absolute Gasteiger partial charge is 0.261 e. The third-order valence-corrected chi connectivity index (χ3v) is 4.21. The predicted octanol–water partition coefficient (Wildman–Crippen LogP) is 4.79. The van der Waals surface area contributed by atoms with Crippen LogP contribution in [-0.2, 0) is 0 Å². The largest absolute Gasteiger partial charge is 0.269 e. The standard InChI is InChI=1S/C21H14FN5O2/c22-18-7-3-1-5-16(18)20-24-19-8-4-2-6-17(19)21(25-20)26-23-13-14-9-11-15(12-10-14)27(28)29/h1-13H,(H,24,25,26)/b23-13-. The Bertz CT molecular complexity index is 1230. The van der Waals surface area contributed by atoms with E-state index in [1.807, 2.05) is 24.3 Å². The number of aromatic nitrogens is 2. The van der Waals surface area contributed by atoms with Crippen molar-refractivity contribution in [2.24, 2.45) is 5.10 Å². The Labute approximate surface area is 164 Å². The van der Waals surface area contributed by atoms with E-state index in [2.05, 4.69) is 20.5 Å². The van der Waals surface area contributed by atoms with Crippen molar-refractivity contribution in [1.29, 1.82) is 0 Å². The van der Waals surface area contributed by atoms with Crippen molar-refractivity contribution < 1.29 is 9.31 Å². The van der Waals surface area contributed by atoms with Gasteiger partial charge in [0.2, 0.25) is 0 Å². The molecule has 0 aliphatic heterocycles. The van der Waals surface area contributed by atoms with Gasteiger partial charge in [-0.05, 0) is 42.0 Å². The SMILES string of the molecule is O=[N+]([O-])c1ccc(/C=N\Nc2nc(-c3ccccc3F)nc3ccccc23)cc1. The molecule has 4 rings (SSSR count). The van der Waals surface area contributed by atoms with Gasteiger partial charge in [-0.1, -0.05) is 24.3 Å². The summed E-state index contributed by atoms with van der Waals surface area (Å²) < 4.78 is 14.2. The molecule has 0 aliphatic rings. The van der Waals surface area contributed by atoms with Crippen LogP contribution in [-0.4, -0.2) is 21.1 Å². The second-order valence-corrected chi connectivity index (χ2v) is 6.11. The normalized spacial score (nSPS) is 11.1. The number of hydrazone groups is 1. The van der Waals surface area contributed by atoms with E-state index in [0.717, 1.165) is 5.39 Å². The molecule has 0 atom stereocenters. The molecule has 8 heteroatoms. The van der Waals surface area contributed by atoms with E-state index in [4.69, 9.17) is 0 Å². The highest BCUT2D eigenvalue weighted by Crippen LogP contribution is 2.26. The Balaban J connectivity index is 1.67. The van der Waals surface area contributed by atoms with Crippen LogP contribution in [0.3, 0.4) is 0 Å². The fraction of sp³-hybridized carbons (Fsp3) is 0. The van der Waals surface area contributed by atoms with Gasteiger partial charge in [0.05, 0.1) is 22.2 Å². The summed E-state index contributed by atoms with van der Waals surface area (Å²) in [6.45, 7) is 0. The van der Waals surface area contributed by atoms with E-state index in [-0.39, 0.29) is 11.5 Å². The second kappa shape index (κ2) is 7.81. The minimum atomic E-state index is -0.462. The number of nitrogens with zero attached hydrogens (tertiary/aromatic N) is 4. The molecule has 1 aromatic heterocycles. The maximum atomic E-state index is 14.2. The molecule has 1 heterocycles. The van der Waals surface area contributed by atoms with Crippen LogP contribution < -0.4 is 5.43 Å². The van der Waals surface area contributed by atoms with E-state index in [1.54, 1.807) is 30.3 Å². The molecular weight excluding hydrogens is 373 g/mol. The molecule has 0 amide bonds. The number of nitro benzene ring substituents is 1. The summed E-state index contributed by atoms with van der Waals surface area (Å²) in [5.41, 5.74) is 4.49. The summed E-state index contributed by atoms with van der Waals surface area (Å²) in [5.74, 6) is 0.255.